The van der Waals surface area contributed by atoms with Crippen molar-refractivity contribution >= 4 is 0 Å². The Morgan fingerprint density at radius 3 is 3.13 bits per heavy atom. The zero-order valence-electron chi connectivity index (χ0n) is 8.85. The van der Waals surface area contributed by atoms with Gasteiger partial charge in [0, 0.05) is 6.61 Å². The van der Waals surface area contributed by atoms with Gasteiger partial charge < -0.3 is 14.4 Å². The predicted molar refractivity (Wildman–Crippen MR) is 52.3 cm³/mol. The fourth-order valence-electron chi connectivity index (χ4n) is 1.67. The van der Waals surface area contributed by atoms with Crippen LogP contribution < -0.4 is 0 Å². The standard InChI is InChI=1S/C10H16N2O3/c1-2-8(13)9-11-10(15-12-9)7-4-3-5-14-6-7/h7-8,13H,2-6H2,1H3. The summed E-state index contributed by atoms with van der Waals surface area (Å²) >= 11 is 0. The van der Waals surface area contributed by atoms with E-state index in [2.05, 4.69) is 10.1 Å². The minimum atomic E-state index is -0.619. The maximum Gasteiger partial charge on any atom is 0.232 e. The lowest BCUT2D eigenvalue weighted by Crippen LogP contribution is -2.15. The van der Waals surface area contributed by atoms with Crippen molar-refractivity contribution < 1.29 is 14.4 Å². The van der Waals surface area contributed by atoms with Crippen LogP contribution in [0.2, 0.25) is 0 Å². The van der Waals surface area contributed by atoms with Crippen molar-refractivity contribution in [2.24, 2.45) is 0 Å². The predicted octanol–water partition coefficient (Wildman–Crippen LogP) is 1.41. The molecule has 2 atom stereocenters. The summed E-state index contributed by atoms with van der Waals surface area (Å²) in [6.45, 7) is 3.34. The van der Waals surface area contributed by atoms with E-state index in [1.165, 1.54) is 0 Å². The molecular formula is C10H16N2O3. The molecule has 0 spiro atoms. The minimum Gasteiger partial charge on any atom is -0.385 e. The molecule has 1 saturated heterocycles. The van der Waals surface area contributed by atoms with E-state index in [1.807, 2.05) is 6.92 Å². The molecule has 2 rings (SSSR count). The summed E-state index contributed by atoms with van der Waals surface area (Å²) in [5.41, 5.74) is 0. The van der Waals surface area contributed by atoms with Crippen LogP contribution in [-0.4, -0.2) is 28.5 Å². The maximum absolute atomic E-state index is 9.52. The lowest BCUT2D eigenvalue weighted by molar-refractivity contribution is 0.0705. The third-order valence-corrected chi connectivity index (χ3v) is 2.65. The number of nitrogens with zero attached hydrogens (tertiary/aromatic N) is 2. The Bertz CT molecular complexity index is 307. The molecule has 1 aromatic rings. The van der Waals surface area contributed by atoms with E-state index in [1.54, 1.807) is 0 Å². The van der Waals surface area contributed by atoms with Gasteiger partial charge in [-0.1, -0.05) is 12.1 Å². The molecule has 84 valence electrons. The van der Waals surface area contributed by atoms with Crippen LogP contribution in [0, 0.1) is 0 Å². The summed E-state index contributed by atoms with van der Waals surface area (Å²) < 4.78 is 10.5. The number of aromatic nitrogens is 2. The van der Waals surface area contributed by atoms with Crippen LogP contribution in [0.4, 0.5) is 0 Å². The van der Waals surface area contributed by atoms with Crippen molar-refractivity contribution in [3.8, 4) is 0 Å². The molecular weight excluding hydrogens is 196 g/mol. The second-order valence-corrected chi connectivity index (χ2v) is 3.83. The van der Waals surface area contributed by atoms with Crippen molar-refractivity contribution in [2.75, 3.05) is 13.2 Å². The van der Waals surface area contributed by atoms with E-state index in [0.29, 0.717) is 24.7 Å². The Morgan fingerprint density at radius 1 is 1.60 bits per heavy atom. The fourth-order valence-corrected chi connectivity index (χ4v) is 1.67. The van der Waals surface area contributed by atoms with Crippen LogP contribution in [-0.2, 0) is 4.74 Å². The van der Waals surface area contributed by atoms with Gasteiger partial charge in [-0.15, -0.1) is 0 Å². The van der Waals surface area contributed by atoms with Gasteiger partial charge in [0.1, 0.15) is 6.10 Å². The third-order valence-electron chi connectivity index (χ3n) is 2.65. The van der Waals surface area contributed by atoms with E-state index in [0.717, 1.165) is 19.4 Å². The molecule has 2 unspecified atom stereocenters. The van der Waals surface area contributed by atoms with Crippen LogP contribution in [0.15, 0.2) is 4.52 Å². The summed E-state index contributed by atoms with van der Waals surface area (Å²) in [6.07, 6.45) is 2.02. The first-order valence-corrected chi connectivity index (χ1v) is 5.40. The van der Waals surface area contributed by atoms with E-state index in [4.69, 9.17) is 9.26 Å². The number of aliphatic hydroxyl groups excluding tert-OH is 1. The fraction of sp³-hybridized carbons (Fsp3) is 0.800. The lowest BCUT2D eigenvalue weighted by Gasteiger charge is -2.18. The summed E-state index contributed by atoms with van der Waals surface area (Å²) in [4.78, 5) is 4.20. The van der Waals surface area contributed by atoms with E-state index in [9.17, 15) is 5.11 Å². The van der Waals surface area contributed by atoms with Crippen LogP contribution in [0.1, 0.15) is 49.9 Å². The Kier molecular flexibility index (Phi) is 3.33. The average Bonchev–Trinajstić information content (AvgIpc) is 2.78. The normalized spacial score (nSPS) is 24.0. The van der Waals surface area contributed by atoms with Crippen molar-refractivity contribution in [1.29, 1.82) is 0 Å². The highest BCUT2D eigenvalue weighted by molar-refractivity contribution is 4.97. The monoisotopic (exact) mass is 212 g/mol. The zero-order chi connectivity index (χ0) is 10.7. The smallest absolute Gasteiger partial charge is 0.232 e. The van der Waals surface area contributed by atoms with E-state index >= 15 is 0 Å². The first-order valence-electron chi connectivity index (χ1n) is 5.40. The van der Waals surface area contributed by atoms with Gasteiger partial charge in [0.15, 0.2) is 5.82 Å². The molecule has 0 aromatic carbocycles. The molecule has 1 N–H and O–H groups in total. The van der Waals surface area contributed by atoms with Crippen molar-refractivity contribution in [3.05, 3.63) is 11.7 Å². The van der Waals surface area contributed by atoms with Gasteiger partial charge in [-0.3, -0.25) is 0 Å². The Hall–Kier alpha value is -0.940. The van der Waals surface area contributed by atoms with Gasteiger partial charge in [-0.2, -0.15) is 4.98 Å². The van der Waals surface area contributed by atoms with Gasteiger partial charge in [0.25, 0.3) is 0 Å². The van der Waals surface area contributed by atoms with Crippen LogP contribution in [0.5, 0.6) is 0 Å². The second kappa shape index (κ2) is 4.72. The molecule has 0 saturated carbocycles. The van der Waals surface area contributed by atoms with E-state index in [-0.39, 0.29) is 5.92 Å². The molecule has 1 aromatic heterocycles. The molecule has 0 aliphatic carbocycles. The highest BCUT2D eigenvalue weighted by Crippen LogP contribution is 2.25. The first kappa shape index (κ1) is 10.6. The van der Waals surface area contributed by atoms with Crippen LogP contribution >= 0.6 is 0 Å². The van der Waals surface area contributed by atoms with Gasteiger partial charge in [0.2, 0.25) is 5.89 Å². The Morgan fingerprint density at radius 2 is 2.47 bits per heavy atom. The number of hydrogen-bond acceptors (Lipinski definition) is 5. The van der Waals surface area contributed by atoms with Crippen molar-refractivity contribution in [2.45, 2.75) is 38.2 Å². The first-order chi connectivity index (χ1) is 7.31. The maximum atomic E-state index is 9.52. The van der Waals surface area contributed by atoms with E-state index < -0.39 is 6.10 Å². The summed E-state index contributed by atoms with van der Waals surface area (Å²) in [5, 5.41) is 13.3. The molecule has 2 heterocycles. The molecule has 1 aliphatic rings. The average molecular weight is 212 g/mol. The summed E-state index contributed by atoms with van der Waals surface area (Å²) in [5.74, 6) is 1.18. The molecule has 15 heavy (non-hydrogen) atoms. The molecule has 0 bridgehead atoms. The van der Waals surface area contributed by atoms with Crippen molar-refractivity contribution in [3.63, 3.8) is 0 Å². The SMILES string of the molecule is CCC(O)c1noc(C2CCCOC2)n1. The zero-order valence-corrected chi connectivity index (χ0v) is 8.85. The highest BCUT2D eigenvalue weighted by atomic mass is 16.5. The minimum absolute atomic E-state index is 0.198. The molecule has 0 radical (unpaired) electrons. The van der Waals surface area contributed by atoms with Crippen LogP contribution in [0.25, 0.3) is 0 Å². The molecule has 1 fully saturated rings. The number of aliphatic hydroxyl groups is 1. The summed E-state index contributed by atoms with van der Waals surface area (Å²) in [7, 11) is 0. The number of hydrogen-bond donors (Lipinski definition) is 1. The Balaban J connectivity index is 2.05. The quantitative estimate of drug-likeness (QED) is 0.820. The van der Waals surface area contributed by atoms with Crippen LogP contribution in [0.3, 0.4) is 0 Å². The second-order valence-electron chi connectivity index (χ2n) is 3.83. The van der Waals surface area contributed by atoms with Gasteiger partial charge in [0.05, 0.1) is 12.5 Å². The van der Waals surface area contributed by atoms with Crippen molar-refractivity contribution in [1.82, 2.24) is 10.1 Å². The highest BCUT2D eigenvalue weighted by Gasteiger charge is 2.23. The van der Waals surface area contributed by atoms with Gasteiger partial charge in [-0.25, -0.2) is 0 Å². The van der Waals surface area contributed by atoms with Gasteiger partial charge in [-0.05, 0) is 19.3 Å². The topological polar surface area (TPSA) is 68.4 Å². The summed E-state index contributed by atoms with van der Waals surface area (Å²) in [6, 6.07) is 0. The molecule has 5 nitrogen and oxygen atoms in total. The number of ether oxygens (including phenoxy) is 1. The third kappa shape index (κ3) is 2.35. The largest absolute Gasteiger partial charge is 0.385 e. The molecule has 1 aliphatic heterocycles. The molecule has 0 amide bonds. The lowest BCUT2D eigenvalue weighted by atomic mass is 10.0. The Labute approximate surface area is 88.4 Å². The van der Waals surface area contributed by atoms with Gasteiger partial charge >= 0.3 is 0 Å². The molecule has 5 heteroatoms. The number of rotatable bonds is 3.